The molecule has 15 nitrogen and oxygen atoms in total. The zero-order valence-corrected chi connectivity index (χ0v) is 42.0. The van der Waals surface area contributed by atoms with Gasteiger partial charge in [-0.25, -0.2) is 22.8 Å². The van der Waals surface area contributed by atoms with Crippen LogP contribution in [0.4, 0.5) is 35.0 Å². The summed E-state index contributed by atoms with van der Waals surface area (Å²) in [5, 5.41) is 14.0. The lowest BCUT2D eigenvalue weighted by Crippen LogP contribution is -2.49. The number of carbonyl (C=O) groups is 2. The summed E-state index contributed by atoms with van der Waals surface area (Å²) in [7, 11) is -2.48. The Balaban J connectivity index is 0.851. The van der Waals surface area contributed by atoms with Gasteiger partial charge in [0.1, 0.15) is 42.2 Å². The van der Waals surface area contributed by atoms with Gasteiger partial charge in [-0.2, -0.15) is 5.10 Å². The van der Waals surface area contributed by atoms with Crippen molar-refractivity contribution >= 4 is 38.5 Å². The van der Waals surface area contributed by atoms with E-state index >= 15 is 13.6 Å². The van der Waals surface area contributed by atoms with Crippen LogP contribution in [0.5, 0.6) is 11.5 Å². The Morgan fingerprint density at radius 3 is 2.31 bits per heavy atom. The van der Waals surface area contributed by atoms with Crippen LogP contribution in [0.25, 0.3) is 0 Å². The Kier molecular flexibility index (Phi) is 15.8. The smallest absolute Gasteiger partial charge is 0.307 e. The average molecular weight is 1020 g/mol. The van der Waals surface area contributed by atoms with Crippen LogP contribution in [0.1, 0.15) is 58.4 Å². The molecule has 5 aromatic rings. The topological polar surface area (TPSA) is 147 Å². The zero-order chi connectivity index (χ0) is 50.4. The summed E-state index contributed by atoms with van der Waals surface area (Å²) >= 11 is 0. The van der Waals surface area contributed by atoms with E-state index in [2.05, 4.69) is 48.6 Å². The Hall–Kier alpha value is -6.02. The van der Waals surface area contributed by atoms with Crippen LogP contribution < -0.4 is 24.0 Å². The number of ether oxygens (including phenoxy) is 4. The molecule has 0 aliphatic carbocycles. The summed E-state index contributed by atoms with van der Waals surface area (Å²) in [6.45, 7) is 11.5. The highest BCUT2D eigenvalue weighted by Crippen LogP contribution is 2.62. The van der Waals surface area contributed by atoms with Gasteiger partial charge in [-0.3, -0.25) is 9.59 Å². The van der Waals surface area contributed by atoms with Gasteiger partial charge >= 0.3 is 5.97 Å². The summed E-state index contributed by atoms with van der Waals surface area (Å²) in [4.78, 5) is 40.7. The number of hydrogen-bond acceptors (Lipinski definition) is 12. The third-order valence-electron chi connectivity index (χ3n) is 14.1. The predicted molar refractivity (Wildman–Crippen MR) is 270 cm³/mol. The average Bonchev–Trinajstić information content (AvgIpc) is 4.11. The Morgan fingerprint density at radius 1 is 0.917 bits per heavy atom. The number of hydrogen-bond donors (Lipinski definition) is 2. The second-order valence-corrected chi connectivity index (χ2v) is 22.2. The molecule has 3 unspecified atom stereocenters. The summed E-state index contributed by atoms with van der Waals surface area (Å²) < 4.78 is 73.8. The molecule has 1 amide bonds. The molecule has 5 heterocycles. The highest BCUT2D eigenvalue weighted by molar-refractivity contribution is 8.46. The number of carboxylic acid groups (broad SMARTS) is 1. The van der Waals surface area contributed by atoms with Gasteiger partial charge in [0.25, 0.3) is 5.24 Å². The molecule has 0 bridgehead atoms. The molecular formula is C53H65F3N8O7S. The number of carboxylic acids is 1. The van der Waals surface area contributed by atoms with Crippen LogP contribution in [0.15, 0.2) is 102 Å². The second-order valence-electron chi connectivity index (χ2n) is 19.4. The number of likely N-dealkylation sites (tertiary alicyclic amines) is 1. The van der Waals surface area contributed by atoms with Crippen molar-refractivity contribution in [2.24, 2.45) is 5.92 Å². The van der Waals surface area contributed by atoms with Crippen molar-refractivity contribution < 1.29 is 46.8 Å². The third kappa shape index (κ3) is 11.3. The van der Waals surface area contributed by atoms with E-state index in [0.29, 0.717) is 43.3 Å². The molecule has 19 heteroatoms. The molecule has 0 radical (unpaired) electrons. The van der Waals surface area contributed by atoms with Gasteiger partial charge in [0.2, 0.25) is 0 Å². The zero-order valence-electron chi connectivity index (χ0n) is 41.1. The van der Waals surface area contributed by atoms with E-state index in [1.807, 2.05) is 55.1 Å². The van der Waals surface area contributed by atoms with Crippen LogP contribution in [-0.2, 0) is 26.4 Å². The number of carbonyl (C=O) groups excluding carboxylic acids is 1. The second kappa shape index (κ2) is 22.4. The molecule has 2 N–H and O–H groups in total. The van der Waals surface area contributed by atoms with Crippen LogP contribution in [0, 0.1) is 23.4 Å². The first kappa shape index (κ1) is 50.9. The van der Waals surface area contributed by atoms with Crippen LogP contribution >= 0.6 is 10.2 Å². The molecule has 4 fully saturated rings. The number of nitrogens with one attached hydrogen (secondary N) is 1. The molecule has 9 rings (SSSR count). The van der Waals surface area contributed by atoms with Gasteiger partial charge < -0.3 is 48.4 Å². The number of piperazine rings is 1. The molecule has 386 valence electrons. The lowest BCUT2D eigenvalue weighted by Gasteiger charge is -2.38. The lowest BCUT2D eigenvalue weighted by atomic mass is 9.94. The van der Waals surface area contributed by atoms with Crippen molar-refractivity contribution in [1.82, 2.24) is 24.6 Å². The number of rotatable bonds is 20. The number of aliphatic carboxylic acids is 1. The van der Waals surface area contributed by atoms with E-state index in [1.54, 1.807) is 12.1 Å². The quantitative estimate of drug-likeness (QED) is 0.0716. The monoisotopic (exact) mass is 1010 g/mol. The van der Waals surface area contributed by atoms with Gasteiger partial charge in [0.05, 0.1) is 31.7 Å². The first-order valence-electron chi connectivity index (χ1n) is 25.0. The Labute approximate surface area is 420 Å². The number of nitrogens with zero attached hydrogens (tertiary/aromatic N) is 7. The van der Waals surface area contributed by atoms with Gasteiger partial charge in [-0.05, 0) is 106 Å². The number of halogens is 3. The van der Waals surface area contributed by atoms with Gasteiger partial charge in [-0.15, -0.1) is 0 Å². The maximum absolute atomic E-state index is 15.6. The van der Waals surface area contributed by atoms with E-state index < -0.39 is 51.4 Å². The fraction of sp³-hybridized carbons (Fsp3) is 0.472. The highest BCUT2D eigenvalue weighted by Gasteiger charge is 2.51. The first-order chi connectivity index (χ1) is 34.8. The molecular weight excluding hydrogens is 950 g/mol. The Morgan fingerprint density at radius 2 is 1.65 bits per heavy atom. The van der Waals surface area contributed by atoms with Gasteiger partial charge in [-0.1, -0.05) is 36.0 Å². The number of piperidine rings is 1. The molecule has 4 aliphatic rings. The summed E-state index contributed by atoms with van der Waals surface area (Å²) in [6.07, 6.45) is 6.35. The number of amides is 1. The fourth-order valence-corrected chi connectivity index (χ4v) is 13.9. The number of unbranched alkanes of at least 4 members (excludes halogenated alkanes) is 2. The number of aromatic nitrogens is 3. The van der Waals surface area contributed by atoms with Crippen molar-refractivity contribution in [2.75, 3.05) is 85.9 Å². The molecule has 4 aromatic carbocycles. The maximum Gasteiger partial charge on any atom is 0.307 e. The molecule has 0 saturated carbocycles. The van der Waals surface area contributed by atoms with Crippen molar-refractivity contribution in [2.45, 2.75) is 88.3 Å². The van der Waals surface area contributed by atoms with E-state index in [4.69, 9.17) is 18.9 Å². The van der Waals surface area contributed by atoms with Gasteiger partial charge in [0, 0.05) is 90.7 Å². The standard InChI is InChI=1S/C53H65F3N8O7S/c1-4-5-6-26-68-49-20-10-40(28-48(49)56)59-72(32-43(64(37(2)3)52(72)67)30-60-21-7-8-38(29-60)51(65)66)45-17-13-42(14-18-45)62-24-22-61(23-25-62)41-11-15-44(16-12-41)69-31-50-70-34-53(71-50,33-63-36-57-35-58-63)46-19-9-39(54)27-47(46)55/h9-20,27-28,35-38,43,50,59H,4-8,21-26,29-34H2,1-3H3,(H,65,66)/t38?,43?,50-,53+/m0/s1. The van der Waals surface area contributed by atoms with Gasteiger partial charge in [0.15, 0.2) is 17.9 Å². The molecule has 4 saturated heterocycles. The van der Waals surface area contributed by atoms with E-state index in [0.717, 1.165) is 80.7 Å². The third-order valence-corrected chi connectivity index (χ3v) is 17.4. The minimum Gasteiger partial charge on any atom is -0.491 e. The molecule has 5 atom stereocenters. The lowest BCUT2D eigenvalue weighted by molar-refractivity contribution is -0.143. The molecule has 72 heavy (non-hydrogen) atoms. The minimum absolute atomic E-state index is 0.000171. The summed E-state index contributed by atoms with van der Waals surface area (Å²) in [5.74, 6) is -1.87. The SMILES string of the molecule is CCCCCOc1ccc(NS2(c3ccc(N4CCN(c5ccc(OC[C@H]6OC[C@](Cn7cncn7)(c7ccc(F)cc7F)O6)cc5)CC4)cc3)CC(CN3CCCC(C(=O)O)C3)N(C(C)C)C2=O)cc1F. The summed E-state index contributed by atoms with van der Waals surface area (Å²) in [5.41, 5.74) is 1.46. The van der Waals surface area contributed by atoms with Crippen molar-refractivity contribution in [3.63, 3.8) is 0 Å². The normalized spacial score (nSPS) is 24.7. The number of anilines is 3. The maximum atomic E-state index is 15.6. The number of benzene rings is 4. The van der Waals surface area contributed by atoms with E-state index in [1.165, 1.54) is 35.5 Å². The highest BCUT2D eigenvalue weighted by atomic mass is 32.3. The van der Waals surface area contributed by atoms with Crippen LogP contribution in [0.3, 0.4) is 0 Å². The fourth-order valence-electron chi connectivity index (χ4n) is 10.4. The molecule has 1 aromatic heterocycles. The first-order valence-corrected chi connectivity index (χ1v) is 26.8. The van der Waals surface area contributed by atoms with E-state index in [-0.39, 0.29) is 48.4 Å². The summed E-state index contributed by atoms with van der Waals surface area (Å²) in [6, 6.07) is 24.0. The van der Waals surface area contributed by atoms with Crippen LogP contribution in [-0.4, -0.2) is 131 Å². The van der Waals surface area contributed by atoms with Crippen molar-refractivity contribution in [1.29, 1.82) is 0 Å². The van der Waals surface area contributed by atoms with Crippen LogP contribution in [0.2, 0.25) is 0 Å². The molecule has 0 spiro atoms. The predicted octanol–water partition coefficient (Wildman–Crippen LogP) is 9.14. The van der Waals surface area contributed by atoms with Crippen molar-refractivity contribution in [3.8, 4) is 11.5 Å². The Bertz CT molecular complexity index is 2630. The largest absolute Gasteiger partial charge is 0.491 e. The minimum atomic E-state index is -2.48. The van der Waals surface area contributed by atoms with E-state index in [9.17, 15) is 14.3 Å². The van der Waals surface area contributed by atoms with Crippen molar-refractivity contribution in [3.05, 3.63) is 121 Å². The molecule has 4 aliphatic heterocycles.